The lowest BCUT2D eigenvalue weighted by Crippen LogP contribution is -1.97. The number of H-pyrrole nitrogens is 1. The topological polar surface area (TPSA) is 64.4 Å². The van der Waals surface area contributed by atoms with Gasteiger partial charge < -0.3 is 9.47 Å². The second-order valence-electron chi connectivity index (χ2n) is 6.14. The Labute approximate surface area is 169 Å². The van der Waals surface area contributed by atoms with Crippen LogP contribution in [0.4, 0.5) is 0 Å². The minimum absolute atomic E-state index is 0.430. The minimum Gasteiger partial charge on any atom is -0.494 e. The van der Waals surface area contributed by atoms with E-state index in [2.05, 4.69) is 22.2 Å². The molecule has 0 aliphatic heterocycles. The second kappa shape index (κ2) is 9.85. The Hall–Kier alpha value is -2.93. The van der Waals surface area contributed by atoms with Gasteiger partial charge in [0.2, 0.25) is 4.77 Å². The van der Waals surface area contributed by atoms with Crippen molar-refractivity contribution in [1.29, 1.82) is 0 Å². The smallest absolute Gasteiger partial charge is 0.216 e. The largest absolute Gasteiger partial charge is 0.494 e. The quantitative estimate of drug-likeness (QED) is 0.312. The van der Waals surface area contributed by atoms with E-state index in [9.17, 15) is 0 Å². The van der Waals surface area contributed by atoms with E-state index in [0.717, 1.165) is 42.1 Å². The van der Waals surface area contributed by atoms with Crippen molar-refractivity contribution in [1.82, 2.24) is 14.9 Å². The van der Waals surface area contributed by atoms with Gasteiger partial charge in [-0.2, -0.15) is 14.9 Å². The first-order chi connectivity index (χ1) is 13.7. The Balaban J connectivity index is 1.75. The molecule has 2 aromatic carbocycles. The zero-order valence-electron chi connectivity index (χ0n) is 16.1. The summed E-state index contributed by atoms with van der Waals surface area (Å²) in [5.41, 5.74) is 1.84. The maximum absolute atomic E-state index is 5.68. The highest BCUT2D eigenvalue weighted by atomic mass is 32.1. The first kappa shape index (κ1) is 19.8. The molecule has 0 bridgehead atoms. The summed E-state index contributed by atoms with van der Waals surface area (Å²) in [6, 6.07) is 15.5. The zero-order chi connectivity index (χ0) is 19.8. The molecule has 0 radical (unpaired) electrons. The first-order valence-corrected chi connectivity index (χ1v) is 9.80. The zero-order valence-corrected chi connectivity index (χ0v) is 16.9. The summed E-state index contributed by atoms with van der Waals surface area (Å²) in [5, 5.41) is 11.6. The molecule has 0 aliphatic carbocycles. The first-order valence-electron chi connectivity index (χ1n) is 9.39. The van der Waals surface area contributed by atoms with Crippen molar-refractivity contribution in [3.8, 4) is 22.9 Å². The number of nitrogens with zero attached hydrogens (tertiary/aromatic N) is 3. The van der Waals surface area contributed by atoms with Crippen LogP contribution in [0, 0.1) is 4.77 Å². The van der Waals surface area contributed by atoms with Gasteiger partial charge in [-0.05, 0) is 79.7 Å². The van der Waals surface area contributed by atoms with E-state index in [1.165, 1.54) is 0 Å². The summed E-state index contributed by atoms with van der Waals surface area (Å²) in [5.74, 6) is 2.32. The van der Waals surface area contributed by atoms with Gasteiger partial charge in [-0.3, -0.25) is 0 Å². The van der Waals surface area contributed by atoms with Crippen LogP contribution < -0.4 is 9.47 Å². The van der Waals surface area contributed by atoms with Gasteiger partial charge in [-0.25, -0.2) is 5.10 Å². The normalized spacial score (nSPS) is 11.1. The molecule has 0 fully saturated rings. The van der Waals surface area contributed by atoms with Crippen LogP contribution in [0.5, 0.6) is 11.5 Å². The van der Waals surface area contributed by atoms with Gasteiger partial charge in [-0.1, -0.05) is 13.3 Å². The number of aromatic nitrogens is 3. The van der Waals surface area contributed by atoms with E-state index < -0.39 is 0 Å². The van der Waals surface area contributed by atoms with Crippen molar-refractivity contribution >= 4 is 18.4 Å². The Morgan fingerprint density at radius 3 is 2.39 bits per heavy atom. The van der Waals surface area contributed by atoms with Crippen molar-refractivity contribution in [3.05, 3.63) is 58.9 Å². The van der Waals surface area contributed by atoms with E-state index >= 15 is 0 Å². The highest BCUT2D eigenvalue weighted by Gasteiger charge is 2.08. The fourth-order valence-corrected chi connectivity index (χ4v) is 2.74. The number of nitrogens with one attached hydrogen (secondary N) is 1. The highest BCUT2D eigenvalue weighted by molar-refractivity contribution is 7.71. The lowest BCUT2D eigenvalue weighted by Gasteiger charge is -2.05. The molecule has 1 heterocycles. The molecular weight excluding hydrogens is 372 g/mol. The van der Waals surface area contributed by atoms with Crippen molar-refractivity contribution in [3.63, 3.8) is 0 Å². The van der Waals surface area contributed by atoms with Crippen molar-refractivity contribution in [2.75, 3.05) is 13.2 Å². The number of benzene rings is 2. The Morgan fingerprint density at radius 1 is 1.04 bits per heavy atom. The van der Waals surface area contributed by atoms with Gasteiger partial charge >= 0.3 is 0 Å². The van der Waals surface area contributed by atoms with Crippen LogP contribution in [0.25, 0.3) is 11.4 Å². The summed E-state index contributed by atoms with van der Waals surface area (Å²) in [6.45, 7) is 5.47. The fourth-order valence-electron chi connectivity index (χ4n) is 2.56. The van der Waals surface area contributed by atoms with Gasteiger partial charge in [0.1, 0.15) is 11.5 Å². The van der Waals surface area contributed by atoms with Crippen LogP contribution in [0.1, 0.15) is 32.3 Å². The molecule has 6 nitrogen and oxygen atoms in total. The summed E-state index contributed by atoms with van der Waals surface area (Å²) < 4.78 is 13.2. The average molecular weight is 397 g/mol. The number of rotatable bonds is 9. The average Bonchev–Trinajstić information content (AvgIpc) is 3.09. The molecule has 0 spiro atoms. The van der Waals surface area contributed by atoms with E-state index in [4.69, 9.17) is 21.7 Å². The van der Waals surface area contributed by atoms with Crippen LogP contribution in [-0.4, -0.2) is 34.3 Å². The molecule has 0 amide bonds. The van der Waals surface area contributed by atoms with Crippen molar-refractivity contribution in [2.24, 2.45) is 5.10 Å². The predicted molar refractivity (Wildman–Crippen MR) is 114 cm³/mol. The molecule has 1 N–H and O–H groups in total. The number of ether oxygens (including phenoxy) is 2. The maximum Gasteiger partial charge on any atom is 0.216 e. The van der Waals surface area contributed by atoms with E-state index in [0.29, 0.717) is 17.2 Å². The number of hydrogen-bond acceptors (Lipinski definition) is 5. The van der Waals surface area contributed by atoms with Gasteiger partial charge in [0.15, 0.2) is 5.82 Å². The lowest BCUT2D eigenvalue weighted by molar-refractivity contribution is 0.309. The number of unbranched alkanes of at least 4 members (excludes halogenated alkanes) is 1. The van der Waals surface area contributed by atoms with Crippen LogP contribution >= 0.6 is 12.2 Å². The van der Waals surface area contributed by atoms with Crippen LogP contribution in [-0.2, 0) is 0 Å². The summed E-state index contributed by atoms with van der Waals surface area (Å²) in [6.07, 6.45) is 3.92. The molecule has 3 rings (SSSR count). The minimum atomic E-state index is 0.430. The molecule has 3 aromatic rings. The van der Waals surface area contributed by atoms with Crippen LogP contribution in [0.15, 0.2) is 53.6 Å². The standard InChI is InChI=1S/C21H24N4O2S/c1-3-5-14-27-19-10-6-16(7-11-19)15-22-25-20(23-24-21(25)28)17-8-12-18(13-9-17)26-4-2/h6-13,15H,3-5,14H2,1-2H3,(H,24,28)/b22-15-. The second-order valence-corrected chi connectivity index (χ2v) is 6.52. The maximum atomic E-state index is 5.68. The summed E-state index contributed by atoms with van der Waals surface area (Å²) in [7, 11) is 0. The third-order valence-corrected chi connectivity index (χ3v) is 4.31. The van der Waals surface area contributed by atoms with Gasteiger partial charge in [0, 0.05) is 5.56 Å². The molecule has 28 heavy (non-hydrogen) atoms. The molecule has 0 atom stereocenters. The van der Waals surface area contributed by atoms with Crippen LogP contribution in [0.3, 0.4) is 0 Å². The molecule has 1 aromatic heterocycles. The van der Waals surface area contributed by atoms with Crippen LogP contribution in [0.2, 0.25) is 0 Å². The van der Waals surface area contributed by atoms with E-state index in [1.807, 2.05) is 55.5 Å². The number of aromatic amines is 1. The Kier molecular flexibility index (Phi) is 6.97. The predicted octanol–water partition coefficient (Wildman–Crippen LogP) is 5.07. The van der Waals surface area contributed by atoms with Crippen molar-refractivity contribution in [2.45, 2.75) is 26.7 Å². The third-order valence-electron chi connectivity index (χ3n) is 4.04. The third kappa shape index (κ3) is 5.07. The lowest BCUT2D eigenvalue weighted by atomic mass is 10.2. The molecule has 0 saturated heterocycles. The Morgan fingerprint density at radius 2 is 1.71 bits per heavy atom. The van der Waals surface area contributed by atoms with Gasteiger partial charge in [-0.15, -0.1) is 0 Å². The summed E-state index contributed by atoms with van der Waals surface area (Å²) in [4.78, 5) is 0. The summed E-state index contributed by atoms with van der Waals surface area (Å²) >= 11 is 5.32. The Bertz CT molecular complexity index is 959. The van der Waals surface area contributed by atoms with E-state index in [1.54, 1.807) is 10.9 Å². The van der Waals surface area contributed by atoms with Crippen molar-refractivity contribution < 1.29 is 9.47 Å². The monoisotopic (exact) mass is 396 g/mol. The highest BCUT2D eigenvalue weighted by Crippen LogP contribution is 2.21. The fraction of sp³-hybridized carbons (Fsp3) is 0.286. The van der Waals surface area contributed by atoms with Gasteiger partial charge in [0.25, 0.3) is 0 Å². The van der Waals surface area contributed by atoms with E-state index in [-0.39, 0.29) is 0 Å². The number of hydrogen-bond donors (Lipinski definition) is 1. The molecule has 146 valence electrons. The SMILES string of the molecule is CCCCOc1ccc(/C=N\n2c(-c3ccc(OCC)cc3)n[nH]c2=S)cc1. The molecule has 7 heteroatoms. The van der Waals surface area contributed by atoms with Gasteiger partial charge in [0.05, 0.1) is 19.4 Å². The molecule has 0 aliphatic rings. The molecular formula is C21H24N4O2S. The molecule has 0 saturated carbocycles. The molecule has 0 unspecified atom stereocenters.